The molecule has 0 aromatic rings. The molecule has 4 heteroatoms. The molecule has 0 spiro atoms. The Morgan fingerprint density at radius 3 is 1.25 bits per heavy atom. The van der Waals surface area contributed by atoms with E-state index in [1.807, 2.05) is 0 Å². The molecule has 0 aromatic heterocycles. The normalized spacial score (nSPS) is 5.50. The van der Waals surface area contributed by atoms with Gasteiger partial charge in [0.05, 0.1) is 0 Å². The second-order valence-electron chi connectivity index (χ2n) is 0.0452. The zero-order chi connectivity index (χ0) is 2.71. The molecule has 0 unspecified atom stereocenters. The summed E-state index contributed by atoms with van der Waals surface area (Å²) >= 11 is -0.106. The van der Waals surface area contributed by atoms with Gasteiger partial charge in [-0.2, -0.15) is 0 Å². The van der Waals surface area contributed by atoms with Gasteiger partial charge in [-0.15, -0.1) is 0 Å². The summed E-state index contributed by atoms with van der Waals surface area (Å²) in [6.45, 7) is 0. The first kappa shape index (κ1) is 8.96. The molecule has 0 saturated carbocycles. The van der Waals surface area contributed by atoms with Crippen LogP contribution in [0.5, 0.6) is 0 Å². The van der Waals surface area contributed by atoms with Crippen LogP contribution < -0.4 is 0 Å². The molecule has 0 radical (unpaired) electrons. The van der Waals surface area contributed by atoms with E-state index >= 15 is 0 Å². The maximum Gasteiger partial charge on any atom is -0.693 e. The number of rotatable bonds is 0. The van der Waals surface area contributed by atoms with Crippen molar-refractivity contribution in [2.24, 2.45) is 0 Å². The standard InChI is InChI=1S/2ClH.H2N.Pd/h2*1H;1H2;/q;;-1;+2/p-2. The predicted octanol–water partition coefficient (Wildman–Crippen LogP) is 2.09. The summed E-state index contributed by atoms with van der Waals surface area (Å²) in [7, 11) is 9.63. The molecular weight excluding hydrogens is 191 g/mol. The Morgan fingerprint density at radius 2 is 1.25 bits per heavy atom. The van der Waals surface area contributed by atoms with Gasteiger partial charge in [0.25, 0.3) is 0 Å². The topological polar surface area (TPSA) is 33.5 Å². The molecule has 1 nitrogen and oxygen atoms in total. The Labute approximate surface area is 41.4 Å². The second-order valence-corrected chi connectivity index (χ2v) is 2.41. The molecule has 0 saturated heterocycles. The van der Waals surface area contributed by atoms with Gasteiger partial charge in [-0.25, -0.2) is 0 Å². The van der Waals surface area contributed by atoms with Crippen molar-refractivity contribution in [3.8, 4) is 0 Å². The molecule has 4 heavy (non-hydrogen) atoms. The third-order valence-corrected chi connectivity index (χ3v) is 0. The summed E-state index contributed by atoms with van der Waals surface area (Å²) in [5.41, 5.74) is 0. The van der Waals surface area contributed by atoms with Crippen molar-refractivity contribution >= 4 is 19.1 Å². The van der Waals surface area contributed by atoms with E-state index in [0.717, 1.165) is 0 Å². The molecule has 0 aromatic carbocycles. The van der Waals surface area contributed by atoms with Crippen LogP contribution in [0.2, 0.25) is 0 Å². The van der Waals surface area contributed by atoms with E-state index in [-0.39, 0.29) is 22.1 Å². The SMILES string of the molecule is [Cl][Pd][Cl].[NH2-]. The average Bonchev–Trinajstić information content (AvgIpc) is 0.918. The molecule has 0 aliphatic heterocycles. The van der Waals surface area contributed by atoms with Gasteiger partial charge in [0.2, 0.25) is 0 Å². The van der Waals surface area contributed by atoms with Crippen LogP contribution in [0.15, 0.2) is 0 Å². The maximum atomic E-state index is 4.81. The summed E-state index contributed by atoms with van der Waals surface area (Å²) in [4.78, 5) is 0. The molecule has 0 rings (SSSR count). The Balaban J connectivity index is 0. The van der Waals surface area contributed by atoms with E-state index in [1.54, 1.807) is 0 Å². The van der Waals surface area contributed by atoms with Crippen molar-refractivity contribution in [2.45, 2.75) is 0 Å². The average molecular weight is 193 g/mol. The summed E-state index contributed by atoms with van der Waals surface area (Å²) < 4.78 is 0. The van der Waals surface area contributed by atoms with Crippen LogP contribution in [-0.4, -0.2) is 0 Å². The molecule has 0 bridgehead atoms. The van der Waals surface area contributed by atoms with Crippen LogP contribution >= 0.6 is 19.1 Å². The molecule has 0 heterocycles. The molecular formula is H2Cl2NPd-. The minimum Gasteiger partial charge on any atom is -0.693 e. The molecule has 0 amide bonds. The van der Waals surface area contributed by atoms with Crippen molar-refractivity contribution in [1.29, 1.82) is 0 Å². The largest absolute Gasteiger partial charge is 0.693 e. The van der Waals surface area contributed by atoms with Crippen molar-refractivity contribution in [3.63, 3.8) is 0 Å². The summed E-state index contributed by atoms with van der Waals surface area (Å²) in [6.07, 6.45) is 0. The first-order chi connectivity index (χ1) is 1.41. The molecule has 0 atom stereocenters. The second kappa shape index (κ2) is 8.88. The van der Waals surface area contributed by atoms with Crippen molar-refractivity contribution in [2.75, 3.05) is 0 Å². The minimum atomic E-state index is -0.106. The summed E-state index contributed by atoms with van der Waals surface area (Å²) in [6, 6.07) is 0. The predicted molar refractivity (Wildman–Crippen MR) is 17.0 cm³/mol. The fraction of sp³-hybridized carbons (Fsp3) is 0. The zero-order valence-electron chi connectivity index (χ0n) is 1.65. The van der Waals surface area contributed by atoms with Gasteiger partial charge in [-0.05, 0) is 0 Å². The quantitative estimate of drug-likeness (QED) is 0.528. The Morgan fingerprint density at radius 1 is 1.25 bits per heavy atom. The van der Waals surface area contributed by atoms with Crippen LogP contribution in [0.4, 0.5) is 0 Å². The van der Waals surface area contributed by atoms with Crippen molar-refractivity contribution in [1.82, 2.24) is 0 Å². The van der Waals surface area contributed by atoms with Crippen molar-refractivity contribution in [3.05, 3.63) is 6.15 Å². The third kappa shape index (κ3) is 10.7. The van der Waals surface area contributed by atoms with Gasteiger partial charge in [-0.3, -0.25) is 0 Å². The minimum absolute atomic E-state index is 0. The number of hydrogen-bond acceptors (Lipinski definition) is 0. The molecule has 0 aliphatic rings. The number of halogens is 2. The number of nitrogens with two attached hydrogens (primary N) is 1. The third-order valence-electron chi connectivity index (χ3n) is 0. The van der Waals surface area contributed by atoms with Gasteiger partial charge >= 0.3 is 35.0 Å². The summed E-state index contributed by atoms with van der Waals surface area (Å²) in [5, 5.41) is 0. The fourth-order valence-corrected chi connectivity index (χ4v) is 0. The maximum absolute atomic E-state index is 4.81. The number of hydrogen-bond donors (Lipinski definition) is 0. The van der Waals surface area contributed by atoms with E-state index in [2.05, 4.69) is 0 Å². The van der Waals surface area contributed by atoms with Crippen LogP contribution in [0.25, 0.3) is 6.15 Å². The van der Waals surface area contributed by atoms with E-state index in [4.69, 9.17) is 19.1 Å². The van der Waals surface area contributed by atoms with E-state index in [1.165, 1.54) is 0 Å². The smallest absolute Gasteiger partial charge is 0.693 e. The summed E-state index contributed by atoms with van der Waals surface area (Å²) in [5.74, 6) is 0. The van der Waals surface area contributed by atoms with E-state index < -0.39 is 0 Å². The Hall–Kier alpha value is 1.20. The van der Waals surface area contributed by atoms with E-state index in [0.29, 0.717) is 0 Å². The van der Waals surface area contributed by atoms with Crippen molar-refractivity contribution < 1.29 is 15.9 Å². The first-order valence-corrected chi connectivity index (χ1v) is 4.24. The van der Waals surface area contributed by atoms with Crippen LogP contribution in [0.3, 0.4) is 0 Å². The zero-order valence-corrected chi connectivity index (χ0v) is 4.72. The molecule has 32 valence electrons. The van der Waals surface area contributed by atoms with Crippen LogP contribution in [0.1, 0.15) is 0 Å². The monoisotopic (exact) mass is 192 g/mol. The first-order valence-electron chi connectivity index (χ1n) is 0.239. The van der Waals surface area contributed by atoms with Gasteiger partial charge in [0.1, 0.15) is 0 Å². The Bertz CT molecular complexity index is 6.00. The van der Waals surface area contributed by atoms with Crippen LogP contribution in [-0.2, 0) is 15.9 Å². The van der Waals surface area contributed by atoms with Crippen LogP contribution in [0, 0.1) is 0 Å². The van der Waals surface area contributed by atoms with Gasteiger partial charge in [0.15, 0.2) is 0 Å². The molecule has 0 fully saturated rings. The van der Waals surface area contributed by atoms with E-state index in [9.17, 15) is 0 Å². The fourth-order valence-electron chi connectivity index (χ4n) is 0. The van der Waals surface area contributed by atoms with Gasteiger partial charge in [-0.1, -0.05) is 0 Å². The molecule has 0 aliphatic carbocycles. The Kier molecular flexibility index (Phi) is 19.9. The van der Waals surface area contributed by atoms with Gasteiger partial charge < -0.3 is 6.15 Å². The molecule has 2 N–H and O–H groups in total. The van der Waals surface area contributed by atoms with Gasteiger partial charge in [0, 0.05) is 0 Å².